The Morgan fingerprint density at radius 3 is 2.79 bits per heavy atom. The average Bonchev–Trinajstić information content (AvgIpc) is 2.65. The van der Waals surface area contributed by atoms with Gasteiger partial charge in [0.1, 0.15) is 11.9 Å². The molecule has 4 nitrogen and oxygen atoms in total. The van der Waals surface area contributed by atoms with E-state index in [0.29, 0.717) is 24.5 Å². The van der Waals surface area contributed by atoms with Gasteiger partial charge in [0.15, 0.2) is 0 Å². The van der Waals surface area contributed by atoms with E-state index in [-0.39, 0.29) is 6.10 Å². The van der Waals surface area contributed by atoms with Crippen molar-refractivity contribution >= 4 is 5.82 Å². The fourth-order valence-electron chi connectivity index (χ4n) is 3.18. The summed E-state index contributed by atoms with van der Waals surface area (Å²) in [5, 5.41) is 12.8. The van der Waals surface area contributed by atoms with E-state index in [1.807, 2.05) is 31.2 Å². The van der Waals surface area contributed by atoms with Gasteiger partial charge in [0.25, 0.3) is 0 Å². The summed E-state index contributed by atoms with van der Waals surface area (Å²) < 4.78 is 5.86. The van der Waals surface area contributed by atoms with Crippen molar-refractivity contribution in [3.63, 3.8) is 0 Å². The van der Waals surface area contributed by atoms with Crippen LogP contribution in [0.25, 0.3) is 0 Å². The van der Waals surface area contributed by atoms with Crippen molar-refractivity contribution in [2.24, 2.45) is 0 Å². The maximum atomic E-state index is 9.44. The molecule has 24 heavy (non-hydrogen) atoms. The molecule has 1 atom stereocenters. The second-order valence-corrected chi connectivity index (χ2v) is 6.04. The lowest BCUT2D eigenvalue weighted by Gasteiger charge is -2.21. The average molecular weight is 321 g/mol. The lowest BCUT2D eigenvalue weighted by atomic mass is 9.95. The topological polar surface area (TPSA) is 57.9 Å². The molecule has 1 aromatic heterocycles. The van der Waals surface area contributed by atoms with Crippen LogP contribution in [0.3, 0.4) is 0 Å². The largest absolute Gasteiger partial charge is 0.372 e. The van der Waals surface area contributed by atoms with Crippen LogP contribution in [-0.2, 0) is 17.6 Å². The summed E-state index contributed by atoms with van der Waals surface area (Å²) in [5.74, 6) is 0.679. The first-order chi connectivity index (χ1) is 11.8. The Labute approximate surface area is 143 Å². The van der Waals surface area contributed by atoms with Gasteiger partial charge in [-0.2, -0.15) is 5.26 Å². The zero-order valence-electron chi connectivity index (χ0n) is 14.1. The molecule has 0 aliphatic heterocycles. The van der Waals surface area contributed by atoms with E-state index in [4.69, 9.17) is 9.72 Å². The third-order valence-electron chi connectivity index (χ3n) is 4.42. The molecule has 0 fully saturated rings. The summed E-state index contributed by atoms with van der Waals surface area (Å²) in [7, 11) is 0. The molecule has 1 aromatic carbocycles. The summed E-state index contributed by atoms with van der Waals surface area (Å²) in [4.78, 5) is 4.72. The number of pyridine rings is 1. The van der Waals surface area contributed by atoms with Crippen molar-refractivity contribution in [1.82, 2.24) is 4.98 Å². The van der Waals surface area contributed by atoms with Gasteiger partial charge in [0.05, 0.1) is 11.7 Å². The SMILES string of the molecule is CCOC(CNc1nc2c(cc1C#N)CCCC2)c1ccccc1. The van der Waals surface area contributed by atoms with Crippen LogP contribution in [0.1, 0.15) is 48.3 Å². The summed E-state index contributed by atoms with van der Waals surface area (Å²) in [6.45, 7) is 3.23. The lowest BCUT2D eigenvalue weighted by molar-refractivity contribution is 0.0718. The molecule has 124 valence electrons. The zero-order chi connectivity index (χ0) is 16.8. The van der Waals surface area contributed by atoms with Crippen LogP contribution < -0.4 is 5.32 Å². The third-order valence-corrected chi connectivity index (χ3v) is 4.42. The number of fused-ring (bicyclic) bond motifs is 1. The van der Waals surface area contributed by atoms with E-state index in [1.54, 1.807) is 0 Å². The number of rotatable bonds is 6. The molecule has 0 amide bonds. The van der Waals surface area contributed by atoms with Crippen LogP contribution in [0.4, 0.5) is 5.82 Å². The fraction of sp³-hybridized carbons (Fsp3) is 0.400. The molecule has 4 heteroatoms. The van der Waals surface area contributed by atoms with Crippen molar-refractivity contribution < 1.29 is 4.74 Å². The maximum absolute atomic E-state index is 9.44. The summed E-state index contributed by atoms with van der Waals surface area (Å²) >= 11 is 0. The molecule has 0 spiro atoms. The second kappa shape index (κ2) is 7.94. The van der Waals surface area contributed by atoms with Crippen LogP contribution in [-0.4, -0.2) is 18.1 Å². The van der Waals surface area contributed by atoms with Crippen molar-refractivity contribution in [3.8, 4) is 6.07 Å². The molecule has 0 bridgehead atoms. The van der Waals surface area contributed by atoms with Gasteiger partial charge in [-0.3, -0.25) is 0 Å². The Bertz CT molecular complexity index is 722. The van der Waals surface area contributed by atoms with Gasteiger partial charge in [-0.25, -0.2) is 4.98 Å². The summed E-state index contributed by atoms with van der Waals surface area (Å²) in [6, 6.07) is 14.4. The normalized spacial score (nSPS) is 14.5. The van der Waals surface area contributed by atoms with Gasteiger partial charge in [0, 0.05) is 18.8 Å². The Balaban J connectivity index is 1.78. The number of benzene rings is 1. The number of nitrogens with one attached hydrogen (secondary N) is 1. The second-order valence-electron chi connectivity index (χ2n) is 6.04. The van der Waals surface area contributed by atoms with Crippen molar-refractivity contribution in [2.75, 3.05) is 18.5 Å². The van der Waals surface area contributed by atoms with E-state index < -0.39 is 0 Å². The van der Waals surface area contributed by atoms with Crippen LogP contribution in [0, 0.1) is 11.3 Å². The number of ether oxygens (including phenoxy) is 1. The number of aromatic nitrogens is 1. The predicted octanol–water partition coefficient (Wildman–Crippen LogP) is 4.02. The molecular formula is C20H23N3O. The predicted molar refractivity (Wildman–Crippen MR) is 94.9 cm³/mol. The highest BCUT2D eigenvalue weighted by Crippen LogP contribution is 2.25. The van der Waals surface area contributed by atoms with E-state index in [2.05, 4.69) is 23.5 Å². The highest BCUT2D eigenvalue weighted by Gasteiger charge is 2.17. The van der Waals surface area contributed by atoms with Gasteiger partial charge in [-0.05, 0) is 49.8 Å². The Hall–Kier alpha value is -2.38. The van der Waals surface area contributed by atoms with E-state index in [1.165, 1.54) is 18.4 Å². The fourth-order valence-corrected chi connectivity index (χ4v) is 3.18. The van der Waals surface area contributed by atoms with E-state index >= 15 is 0 Å². The minimum absolute atomic E-state index is 0.0550. The number of hydrogen-bond acceptors (Lipinski definition) is 4. The quantitative estimate of drug-likeness (QED) is 0.873. The Kier molecular flexibility index (Phi) is 5.45. The molecular weight excluding hydrogens is 298 g/mol. The molecule has 0 radical (unpaired) electrons. The first-order valence-electron chi connectivity index (χ1n) is 8.65. The first-order valence-corrected chi connectivity index (χ1v) is 8.65. The standard InChI is InChI=1S/C20H23N3O/c1-2-24-19(15-8-4-3-5-9-15)14-22-20-17(13-21)12-16-10-6-7-11-18(16)23-20/h3-5,8-9,12,19H,2,6-7,10-11,14H2,1H3,(H,22,23). The monoisotopic (exact) mass is 321 g/mol. The Morgan fingerprint density at radius 1 is 1.25 bits per heavy atom. The number of nitriles is 1. The highest BCUT2D eigenvalue weighted by atomic mass is 16.5. The lowest BCUT2D eigenvalue weighted by Crippen LogP contribution is -2.18. The number of nitrogens with zero attached hydrogens (tertiary/aromatic N) is 2. The van der Waals surface area contributed by atoms with Crippen molar-refractivity contribution in [3.05, 3.63) is 58.8 Å². The first kappa shape index (κ1) is 16.5. The molecule has 1 heterocycles. The highest BCUT2D eigenvalue weighted by molar-refractivity contribution is 5.54. The molecule has 1 unspecified atom stereocenters. The molecule has 2 aromatic rings. The van der Waals surface area contributed by atoms with Gasteiger partial charge in [-0.1, -0.05) is 30.3 Å². The van der Waals surface area contributed by atoms with Crippen LogP contribution in [0.2, 0.25) is 0 Å². The minimum Gasteiger partial charge on any atom is -0.372 e. The number of aryl methyl sites for hydroxylation is 2. The third kappa shape index (κ3) is 3.74. The number of anilines is 1. The molecule has 0 saturated carbocycles. The van der Waals surface area contributed by atoms with Crippen LogP contribution >= 0.6 is 0 Å². The van der Waals surface area contributed by atoms with Crippen molar-refractivity contribution in [2.45, 2.75) is 38.7 Å². The molecule has 3 rings (SSSR count). The maximum Gasteiger partial charge on any atom is 0.144 e. The smallest absolute Gasteiger partial charge is 0.144 e. The van der Waals surface area contributed by atoms with Gasteiger partial charge >= 0.3 is 0 Å². The van der Waals surface area contributed by atoms with E-state index in [0.717, 1.165) is 24.1 Å². The summed E-state index contributed by atoms with van der Waals surface area (Å²) in [6.07, 6.45) is 4.34. The molecule has 1 aliphatic rings. The number of hydrogen-bond donors (Lipinski definition) is 1. The summed E-state index contributed by atoms with van der Waals surface area (Å²) in [5.41, 5.74) is 4.12. The van der Waals surface area contributed by atoms with E-state index in [9.17, 15) is 5.26 Å². The van der Waals surface area contributed by atoms with Crippen LogP contribution in [0.15, 0.2) is 36.4 Å². The molecule has 1 N–H and O–H groups in total. The van der Waals surface area contributed by atoms with Crippen LogP contribution in [0.5, 0.6) is 0 Å². The van der Waals surface area contributed by atoms with Gasteiger partial charge in [0.2, 0.25) is 0 Å². The van der Waals surface area contributed by atoms with Crippen molar-refractivity contribution in [1.29, 1.82) is 5.26 Å². The van der Waals surface area contributed by atoms with Gasteiger partial charge < -0.3 is 10.1 Å². The minimum atomic E-state index is -0.0550. The Morgan fingerprint density at radius 2 is 2.04 bits per heavy atom. The van der Waals surface area contributed by atoms with Gasteiger partial charge in [-0.15, -0.1) is 0 Å². The molecule has 0 saturated heterocycles. The molecule has 1 aliphatic carbocycles. The zero-order valence-corrected chi connectivity index (χ0v) is 14.1.